The average molecular weight is 409 g/mol. The summed E-state index contributed by atoms with van der Waals surface area (Å²) in [7, 11) is 0. The Kier molecular flexibility index (Phi) is 5.17. The molecule has 1 aliphatic carbocycles. The molecular formula is C22H24N4O2S. The van der Waals surface area contributed by atoms with Gasteiger partial charge in [0.15, 0.2) is 16.7 Å². The lowest BCUT2D eigenvalue weighted by atomic mass is 10.0. The Morgan fingerprint density at radius 3 is 2.45 bits per heavy atom. The second-order valence-corrected chi connectivity index (χ2v) is 8.90. The van der Waals surface area contributed by atoms with E-state index in [0.717, 1.165) is 35.6 Å². The van der Waals surface area contributed by atoms with Crippen LogP contribution in [0.3, 0.4) is 0 Å². The van der Waals surface area contributed by atoms with Gasteiger partial charge >= 0.3 is 0 Å². The van der Waals surface area contributed by atoms with Crippen molar-refractivity contribution in [1.82, 2.24) is 19.7 Å². The molecule has 0 spiro atoms. The maximum atomic E-state index is 13.1. The van der Waals surface area contributed by atoms with Crippen LogP contribution in [0.2, 0.25) is 0 Å². The first-order chi connectivity index (χ1) is 13.9. The van der Waals surface area contributed by atoms with Gasteiger partial charge < -0.3 is 4.98 Å². The zero-order chi connectivity index (χ0) is 20.7. The molecule has 1 N–H and O–H groups in total. The maximum Gasteiger partial charge on any atom is 0.196 e. The summed E-state index contributed by atoms with van der Waals surface area (Å²) in [5, 5.41) is 9.17. The molecule has 2 heterocycles. The first-order valence-corrected chi connectivity index (χ1v) is 10.7. The number of thioether (sulfide) groups is 1. The summed E-state index contributed by atoms with van der Waals surface area (Å²) in [5.74, 6) is 1.32. The minimum Gasteiger partial charge on any atom is -0.355 e. The lowest BCUT2D eigenvalue weighted by molar-refractivity contribution is 0.0988. The minimum absolute atomic E-state index is 0.0338. The van der Waals surface area contributed by atoms with Crippen molar-refractivity contribution in [3.8, 4) is 5.69 Å². The first kappa shape index (κ1) is 19.6. The second kappa shape index (κ2) is 7.63. The summed E-state index contributed by atoms with van der Waals surface area (Å²) in [6, 6.07) is 10.0. The number of Topliss-reactive ketones (excluding diaryl/α,β-unsaturated/α-hetero) is 2. The van der Waals surface area contributed by atoms with E-state index in [0.29, 0.717) is 22.3 Å². The van der Waals surface area contributed by atoms with Gasteiger partial charge in [0.1, 0.15) is 5.82 Å². The number of hydrogen-bond donors (Lipinski definition) is 1. The molecule has 0 radical (unpaired) electrons. The Morgan fingerprint density at radius 1 is 1.17 bits per heavy atom. The summed E-state index contributed by atoms with van der Waals surface area (Å²) in [4.78, 5) is 28.2. The number of nitrogens with zero attached hydrogens (tertiary/aromatic N) is 3. The van der Waals surface area contributed by atoms with E-state index in [1.807, 2.05) is 51.1 Å². The number of carbonyl (C=O) groups is 2. The van der Waals surface area contributed by atoms with Crippen molar-refractivity contribution in [2.75, 3.05) is 0 Å². The quantitative estimate of drug-likeness (QED) is 0.454. The molecule has 0 amide bonds. The van der Waals surface area contributed by atoms with Gasteiger partial charge in [0.05, 0.1) is 10.9 Å². The third-order valence-corrected chi connectivity index (χ3v) is 6.35. The van der Waals surface area contributed by atoms with Crippen molar-refractivity contribution in [3.63, 3.8) is 0 Å². The highest BCUT2D eigenvalue weighted by atomic mass is 32.2. The summed E-state index contributed by atoms with van der Waals surface area (Å²) in [5.41, 5.74) is 3.57. The average Bonchev–Trinajstić information content (AvgIpc) is 3.39. The van der Waals surface area contributed by atoms with Gasteiger partial charge in [0.25, 0.3) is 0 Å². The number of H-pyrrole nitrogens is 1. The van der Waals surface area contributed by atoms with Crippen LogP contribution in [0.25, 0.3) is 5.69 Å². The van der Waals surface area contributed by atoms with Gasteiger partial charge in [0.2, 0.25) is 0 Å². The molecule has 0 aliphatic heterocycles. The van der Waals surface area contributed by atoms with Crippen molar-refractivity contribution in [2.45, 2.75) is 56.9 Å². The number of carbonyl (C=O) groups excluding carboxylic acids is 2. The van der Waals surface area contributed by atoms with E-state index in [2.05, 4.69) is 19.7 Å². The van der Waals surface area contributed by atoms with E-state index in [1.165, 1.54) is 18.7 Å². The van der Waals surface area contributed by atoms with Gasteiger partial charge in [-0.3, -0.25) is 14.2 Å². The van der Waals surface area contributed by atoms with Gasteiger partial charge in [-0.05, 0) is 58.2 Å². The fourth-order valence-electron chi connectivity index (χ4n) is 3.72. The van der Waals surface area contributed by atoms with Crippen LogP contribution in [0.1, 0.15) is 70.5 Å². The normalized spacial score (nSPS) is 14.8. The van der Waals surface area contributed by atoms with Crippen LogP contribution >= 0.6 is 11.8 Å². The number of aromatic amines is 1. The topological polar surface area (TPSA) is 80.6 Å². The zero-order valence-corrected chi connectivity index (χ0v) is 17.8. The molecule has 0 bridgehead atoms. The van der Waals surface area contributed by atoms with E-state index in [9.17, 15) is 9.59 Å². The highest BCUT2D eigenvalue weighted by Gasteiger charge is 2.32. The molecule has 1 saturated carbocycles. The van der Waals surface area contributed by atoms with E-state index < -0.39 is 0 Å². The molecule has 29 heavy (non-hydrogen) atoms. The van der Waals surface area contributed by atoms with E-state index >= 15 is 0 Å². The lowest BCUT2D eigenvalue weighted by Crippen LogP contribution is -2.16. The Bertz CT molecular complexity index is 1080. The van der Waals surface area contributed by atoms with Crippen LogP contribution in [0, 0.1) is 13.8 Å². The Morgan fingerprint density at radius 2 is 1.86 bits per heavy atom. The lowest BCUT2D eigenvalue weighted by Gasteiger charge is -2.13. The molecule has 0 saturated heterocycles. The van der Waals surface area contributed by atoms with Gasteiger partial charge in [-0.15, -0.1) is 10.2 Å². The van der Waals surface area contributed by atoms with Gasteiger partial charge in [-0.25, -0.2) is 0 Å². The molecule has 6 nitrogen and oxygen atoms in total. The highest BCUT2D eigenvalue weighted by molar-refractivity contribution is 8.00. The standard InChI is InChI=1S/C22H24N4O2S/c1-12-18(14(3)27)13(2)23-19(12)20(28)15(4)29-22-25-24-21(16-10-11-16)26(22)17-8-6-5-7-9-17/h5-9,15-16,23H,10-11H2,1-4H3. The number of aryl methyl sites for hydroxylation is 1. The third-order valence-electron chi connectivity index (χ3n) is 5.30. The summed E-state index contributed by atoms with van der Waals surface area (Å²) in [6.07, 6.45) is 2.25. The molecule has 1 unspecified atom stereocenters. The number of ketones is 2. The predicted octanol–water partition coefficient (Wildman–Crippen LogP) is 4.66. The second-order valence-electron chi connectivity index (χ2n) is 7.59. The van der Waals surface area contributed by atoms with Crippen molar-refractivity contribution in [2.24, 2.45) is 0 Å². The van der Waals surface area contributed by atoms with Crippen LogP contribution in [-0.4, -0.2) is 36.6 Å². The molecule has 3 aromatic rings. The van der Waals surface area contributed by atoms with Crippen molar-refractivity contribution >= 4 is 23.3 Å². The monoisotopic (exact) mass is 408 g/mol. The Balaban J connectivity index is 1.64. The van der Waals surface area contributed by atoms with Gasteiger partial charge in [-0.1, -0.05) is 30.0 Å². The number of nitrogens with one attached hydrogen (secondary N) is 1. The van der Waals surface area contributed by atoms with Gasteiger partial charge in [-0.2, -0.15) is 0 Å². The first-order valence-electron chi connectivity index (χ1n) is 9.80. The van der Waals surface area contributed by atoms with Crippen molar-refractivity contribution < 1.29 is 9.59 Å². The zero-order valence-electron chi connectivity index (χ0n) is 17.0. The number of aromatic nitrogens is 4. The Labute approximate surface area is 174 Å². The molecule has 1 aliphatic rings. The number of rotatable bonds is 7. The summed E-state index contributed by atoms with van der Waals surface area (Å²) < 4.78 is 2.07. The SMILES string of the molecule is CC(=O)c1c(C)[nH]c(C(=O)C(C)Sc2nnc(C3CC3)n2-c2ccccc2)c1C. The van der Waals surface area contributed by atoms with Crippen molar-refractivity contribution in [1.29, 1.82) is 0 Å². The molecular weight excluding hydrogens is 384 g/mol. The van der Waals surface area contributed by atoms with Crippen LogP contribution in [0.15, 0.2) is 35.5 Å². The molecule has 1 fully saturated rings. The summed E-state index contributed by atoms with van der Waals surface area (Å²) >= 11 is 1.40. The van der Waals surface area contributed by atoms with Crippen molar-refractivity contribution in [3.05, 3.63) is 58.7 Å². The molecule has 2 aromatic heterocycles. The molecule has 1 atom stereocenters. The number of benzene rings is 1. The smallest absolute Gasteiger partial charge is 0.196 e. The molecule has 1 aromatic carbocycles. The fourth-order valence-corrected chi connectivity index (χ4v) is 4.66. The molecule has 150 valence electrons. The Hall–Kier alpha value is -2.67. The molecule has 4 rings (SSSR count). The number of hydrogen-bond acceptors (Lipinski definition) is 5. The number of para-hydroxylation sites is 1. The van der Waals surface area contributed by atoms with Crippen LogP contribution < -0.4 is 0 Å². The highest BCUT2D eigenvalue weighted by Crippen LogP contribution is 2.41. The predicted molar refractivity (Wildman–Crippen MR) is 113 cm³/mol. The summed E-state index contributed by atoms with van der Waals surface area (Å²) in [6.45, 7) is 7.04. The van der Waals surface area contributed by atoms with Crippen LogP contribution in [0.5, 0.6) is 0 Å². The molecule has 7 heteroatoms. The maximum absolute atomic E-state index is 13.1. The van der Waals surface area contributed by atoms with E-state index in [4.69, 9.17) is 0 Å². The van der Waals surface area contributed by atoms with Crippen LogP contribution in [-0.2, 0) is 0 Å². The fraction of sp³-hybridized carbons (Fsp3) is 0.364. The van der Waals surface area contributed by atoms with Crippen LogP contribution in [0.4, 0.5) is 0 Å². The van der Waals surface area contributed by atoms with E-state index in [-0.39, 0.29) is 16.8 Å². The van der Waals surface area contributed by atoms with Gasteiger partial charge in [0, 0.05) is 22.9 Å². The van der Waals surface area contributed by atoms with E-state index in [1.54, 1.807) is 0 Å². The third kappa shape index (κ3) is 3.67. The minimum atomic E-state index is -0.370. The largest absolute Gasteiger partial charge is 0.355 e.